The topological polar surface area (TPSA) is 20.2 Å². The summed E-state index contributed by atoms with van der Waals surface area (Å²) in [5, 5.41) is 10.3. The van der Waals surface area contributed by atoms with Crippen LogP contribution in [0, 0.1) is 17.7 Å². The van der Waals surface area contributed by atoms with Gasteiger partial charge < -0.3 is 5.11 Å². The Bertz CT molecular complexity index is 476. The first kappa shape index (κ1) is 16.3. The van der Waals surface area contributed by atoms with E-state index in [0.717, 1.165) is 44.2 Å². The van der Waals surface area contributed by atoms with Crippen LogP contribution in [0.1, 0.15) is 56.3 Å². The molecule has 1 aliphatic carbocycles. The summed E-state index contributed by atoms with van der Waals surface area (Å²) in [6.45, 7) is 2.11. The third kappa shape index (κ3) is 3.76. The standard InChI is InChI=1S/C16H20F4O/c1-2-10-3-5-11(6-4-10)15(21)13-9-12(16(18,19)20)7-8-14(13)17/h7-11,15,21H,2-6H2,1H3. The smallest absolute Gasteiger partial charge is 0.388 e. The largest absolute Gasteiger partial charge is 0.416 e. The van der Waals surface area contributed by atoms with Gasteiger partial charge in [-0.05, 0) is 42.9 Å². The first-order chi connectivity index (χ1) is 9.82. The van der Waals surface area contributed by atoms with Crippen molar-refractivity contribution < 1.29 is 22.7 Å². The molecule has 0 amide bonds. The summed E-state index contributed by atoms with van der Waals surface area (Å²) in [6.07, 6.45) is -1.27. The highest BCUT2D eigenvalue weighted by Crippen LogP contribution is 2.40. The number of hydrogen-bond acceptors (Lipinski definition) is 1. The van der Waals surface area contributed by atoms with Gasteiger partial charge in [-0.2, -0.15) is 13.2 Å². The molecule has 0 aromatic heterocycles. The van der Waals surface area contributed by atoms with E-state index in [2.05, 4.69) is 6.92 Å². The van der Waals surface area contributed by atoms with E-state index in [9.17, 15) is 22.7 Å². The highest BCUT2D eigenvalue weighted by Gasteiger charge is 2.34. The third-order valence-corrected chi connectivity index (χ3v) is 4.56. The Morgan fingerprint density at radius 3 is 2.33 bits per heavy atom. The Hall–Kier alpha value is -1.10. The summed E-state index contributed by atoms with van der Waals surface area (Å²) in [5.41, 5.74) is -1.15. The van der Waals surface area contributed by atoms with Crippen LogP contribution in [0.3, 0.4) is 0 Å². The van der Waals surface area contributed by atoms with Crippen LogP contribution >= 0.6 is 0 Å². The van der Waals surface area contributed by atoms with Gasteiger partial charge in [-0.25, -0.2) is 4.39 Å². The summed E-state index contributed by atoms with van der Waals surface area (Å²) in [7, 11) is 0. The van der Waals surface area contributed by atoms with Crippen molar-refractivity contribution >= 4 is 0 Å². The molecule has 0 radical (unpaired) electrons. The van der Waals surface area contributed by atoms with Crippen LogP contribution in [0.25, 0.3) is 0 Å². The van der Waals surface area contributed by atoms with Crippen molar-refractivity contribution in [2.45, 2.75) is 51.3 Å². The molecule has 1 fully saturated rings. The predicted molar refractivity (Wildman–Crippen MR) is 72.1 cm³/mol. The zero-order valence-corrected chi connectivity index (χ0v) is 12.0. The fourth-order valence-electron chi connectivity index (χ4n) is 3.11. The molecule has 118 valence electrons. The summed E-state index contributed by atoms with van der Waals surface area (Å²) in [4.78, 5) is 0. The minimum atomic E-state index is -4.53. The highest BCUT2D eigenvalue weighted by atomic mass is 19.4. The molecule has 1 unspecified atom stereocenters. The minimum absolute atomic E-state index is 0.161. The zero-order chi connectivity index (χ0) is 15.6. The van der Waals surface area contributed by atoms with Gasteiger partial charge in [0, 0.05) is 5.56 Å². The second-order valence-corrected chi connectivity index (χ2v) is 5.87. The molecule has 2 rings (SSSR count). The second kappa shape index (κ2) is 6.34. The van der Waals surface area contributed by atoms with E-state index in [1.807, 2.05) is 0 Å². The van der Waals surface area contributed by atoms with Crippen LogP contribution in [0.15, 0.2) is 18.2 Å². The Morgan fingerprint density at radius 2 is 1.81 bits per heavy atom. The molecule has 0 aliphatic heterocycles. The SMILES string of the molecule is CCC1CCC(C(O)c2cc(C(F)(F)F)ccc2F)CC1. The van der Waals surface area contributed by atoms with E-state index >= 15 is 0 Å². The van der Waals surface area contributed by atoms with Crippen molar-refractivity contribution in [3.8, 4) is 0 Å². The monoisotopic (exact) mass is 304 g/mol. The quantitative estimate of drug-likeness (QED) is 0.771. The molecule has 0 spiro atoms. The number of hydrogen-bond donors (Lipinski definition) is 1. The Morgan fingerprint density at radius 1 is 1.19 bits per heavy atom. The Balaban J connectivity index is 2.17. The number of alkyl halides is 3. The van der Waals surface area contributed by atoms with E-state index in [1.54, 1.807) is 0 Å². The molecular weight excluding hydrogens is 284 g/mol. The molecule has 5 heteroatoms. The number of benzene rings is 1. The fourth-order valence-corrected chi connectivity index (χ4v) is 3.11. The van der Waals surface area contributed by atoms with Gasteiger partial charge in [0.05, 0.1) is 11.7 Å². The van der Waals surface area contributed by atoms with Gasteiger partial charge in [-0.3, -0.25) is 0 Å². The lowest BCUT2D eigenvalue weighted by molar-refractivity contribution is -0.137. The van der Waals surface area contributed by atoms with Crippen LogP contribution in [0.5, 0.6) is 0 Å². The zero-order valence-electron chi connectivity index (χ0n) is 12.0. The maximum absolute atomic E-state index is 13.8. The molecule has 1 N–H and O–H groups in total. The average Bonchev–Trinajstić information content (AvgIpc) is 2.46. The van der Waals surface area contributed by atoms with Crippen molar-refractivity contribution in [2.75, 3.05) is 0 Å². The summed E-state index contributed by atoms with van der Waals surface area (Å²) >= 11 is 0. The third-order valence-electron chi connectivity index (χ3n) is 4.56. The first-order valence-corrected chi connectivity index (χ1v) is 7.37. The lowest BCUT2D eigenvalue weighted by atomic mass is 9.77. The van der Waals surface area contributed by atoms with Gasteiger partial charge in [0.1, 0.15) is 5.82 Å². The maximum atomic E-state index is 13.8. The lowest BCUT2D eigenvalue weighted by Gasteiger charge is -2.31. The van der Waals surface area contributed by atoms with E-state index < -0.39 is 23.7 Å². The molecule has 0 saturated heterocycles. The molecule has 21 heavy (non-hydrogen) atoms. The van der Waals surface area contributed by atoms with Gasteiger partial charge in [-0.15, -0.1) is 0 Å². The molecule has 1 aromatic carbocycles. The van der Waals surface area contributed by atoms with Crippen LogP contribution < -0.4 is 0 Å². The van der Waals surface area contributed by atoms with Crippen LogP contribution in [-0.4, -0.2) is 5.11 Å². The molecule has 1 nitrogen and oxygen atoms in total. The average molecular weight is 304 g/mol. The molecule has 1 saturated carbocycles. The predicted octanol–water partition coefficient (Wildman–Crippen LogP) is 5.09. The number of halogens is 4. The second-order valence-electron chi connectivity index (χ2n) is 5.87. The summed E-state index contributed by atoms with van der Waals surface area (Å²) in [6, 6.07) is 2.24. The Kier molecular flexibility index (Phi) is 4.91. The first-order valence-electron chi connectivity index (χ1n) is 7.37. The van der Waals surface area contributed by atoms with Crippen molar-refractivity contribution in [2.24, 2.45) is 11.8 Å². The van der Waals surface area contributed by atoms with Gasteiger partial charge in [0.15, 0.2) is 0 Å². The van der Waals surface area contributed by atoms with Crippen LogP contribution in [0.2, 0.25) is 0 Å². The molecule has 0 heterocycles. The van der Waals surface area contributed by atoms with Crippen LogP contribution in [0.4, 0.5) is 17.6 Å². The van der Waals surface area contributed by atoms with Crippen molar-refractivity contribution in [1.29, 1.82) is 0 Å². The number of aliphatic hydroxyl groups excluding tert-OH is 1. The van der Waals surface area contributed by atoms with Crippen molar-refractivity contribution in [1.82, 2.24) is 0 Å². The molecular formula is C16H20F4O. The van der Waals surface area contributed by atoms with Gasteiger partial charge in [0.2, 0.25) is 0 Å². The number of aliphatic hydroxyl groups is 1. The normalized spacial score (nSPS) is 24.9. The highest BCUT2D eigenvalue weighted by molar-refractivity contribution is 5.29. The van der Waals surface area contributed by atoms with Gasteiger partial charge in [-0.1, -0.05) is 26.2 Å². The molecule has 1 atom stereocenters. The fraction of sp³-hybridized carbons (Fsp3) is 0.625. The Labute approximate surface area is 122 Å². The van der Waals surface area contributed by atoms with Crippen LogP contribution in [-0.2, 0) is 6.18 Å². The van der Waals surface area contributed by atoms with Gasteiger partial charge >= 0.3 is 6.18 Å². The van der Waals surface area contributed by atoms with E-state index in [1.165, 1.54) is 0 Å². The minimum Gasteiger partial charge on any atom is -0.388 e. The van der Waals surface area contributed by atoms with Crippen molar-refractivity contribution in [3.05, 3.63) is 35.1 Å². The van der Waals surface area contributed by atoms with Gasteiger partial charge in [0.25, 0.3) is 0 Å². The lowest BCUT2D eigenvalue weighted by Crippen LogP contribution is -2.21. The van der Waals surface area contributed by atoms with E-state index in [4.69, 9.17) is 0 Å². The number of rotatable bonds is 3. The summed E-state index contributed by atoms with van der Waals surface area (Å²) < 4.78 is 51.9. The van der Waals surface area contributed by atoms with E-state index in [0.29, 0.717) is 12.0 Å². The molecule has 0 bridgehead atoms. The van der Waals surface area contributed by atoms with Crippen molar-refractivity contribution in [3.63, 3.8) is 0 Å². The molecule has 1 aromatic rings. The maximum Gasteiger partial charge on any atom is 0.416 e. The molecule has 1 aliphatic rings. The van der Waals surface area contributed by atoms with E-state index in [-0.39, 0.29) is 11.5 Å². The summed E-state index contributed by atoms with van der Waals surface area (Å²) in [5.74, 6) is -0.321.